The van der Waals surface area contributed by atoms with Gasteiger partial charge >= 0.3 is 0 Å². The smallest absolute Gasteiger partial charge is 0.191 e. The summed E-state index contributed by atoms with van der Waals surface area (Å²) < 4.78 is 5.19. The highest BCUT2D eigenvalue weighted by Crippen LogP contribution is 2.11. The van der Waals surface area contributed by atoms with Crippen molar-refractivity contribution in [1.82, 2.24) is 15.5 Å². The molecule has 0 saturated carbocycles. The molecule has 0 aromatic heterocycles. The highest BCUT2D eigenvalue weighted by atomic mass is 127. The number of rotatable bonds is 11. The molecule has 0 saturated heterocycles. The summed E-state index contributed by atoms with van der Waals surface area (Å²) in [5.41, 5.74) is 1.17. The first kappa shape index (κ1) is 25.0. The van der Waals surface area contributed by atoms with Gasteiger partial charge in [0.05, 0.1) is 13.7 Å². The Morgan fingerprint density at radius 1 is 1.15 bits per heavy atom. The number of hydrogen-bond donors (Lipinski definition) is 2. The monoisotopic (exact) mass is 476 g/mol. The van der Waals surface area contributed by atoms with E-state index in [1.54, 1.807) is 7.11 Å². The second-order valence-corrected chi connectivity index (χ2v) is 6.26. The minimum absolute atomic E-state index is 0. The van der Waals surface area contributed by atoms with Gasteiger partial charge in [-0.15, -0.1) is 24.0 Å². The third-order valence-corrected chi connectivity index (χ3v) is 4.31. The molecule has 1 aromatic rings. The molecular weight excluding hydrogens is 439 g/mol. The number of guanidine groups is 1. The first-order chi connectivity index (χ1) is 12.1. The zero-order valence-corrected chi connectivity index (χ0v) is 19.4. The Kier molecular flexibility index (Phi) is 14.5. The largest absolute Gasteiger partial charge is 0.497 e. The number of nitrogens with zero attached hydrogens (tertiary/aromatic N) is 2. The van der Waals surface area contributed by atoms with Crippen LogP contribution in [-0.4, -0.2) is 50.2 Å². The van der Waals surface area contributed by atoms with Gasteiger partial charge < -0.3 is 20.3 Å². The van der Waals surface area contributed by atoms with Gasteiger partial charge in [-0.05, 0) is 64.0 Å². The summed E-state index contributed by atoms with van der Waals surface area (Å²) in [6.45, 7) is 13.7. The second-order valence-electron chi connectivity index (χ2n) is 6.26. The van der Waals surface area contributed by atoms with Crippen LogP contribution in [0.5, 0.6) is 5.75 Å². The van der Waals surface area contributed by atoms with E-state index in [-0.39, 0.29) is 24.0 Å². The average molecular weight is 476 g/mol. The standard InChI is InChI=1S/C20H36N4O.HI/c1-6-21-20(22-16-18-11-13-19(25-5)14-12-18)23-17(4)10-9-15-24(7-2)8-3;/h11-14,17H,6-10,15-16H2,1-5H3,(H2,21,22,23);1H. The van der Waals surface area contributed by atoms with Gasteiger partial charge in [-0.1, -0.05) is 26.0 Å². The Morgan fingerprint density at radius 2 is 1.81 bits per heavy atom. The van der Waals surface area contributed by atoms with E-state index in [4.69, 9.17) is 9.73 Å². The molecule has 0 aliphatic carbocycles. The van der Waals surface area contributed by atoms with Gasteiger partial charge in [0.1, 0.15) is 5.75 Å². The number of methoxy groups -OCH3 is 1. The number of ether oxygens (including phenoxy) is 1. The fourth-order valence-corrected chi connectivity index (χ4v) is 2.69. The van der Waals surface area contributed by atoms with Crippen LogP contribution >= 0.6 is 24.0 Å². The molecule has 1 unspecified atom stereocenters. The van der Waals surface area contributed by atoms with Gasteiger partial charge in [0.2, 0.25) is 0 Å². The Bertz CT molecular complexity index is 489. The molecule has 0 fully saturated rings. The molecule has 1 rings (SSSR count). The number of nitrogens with one attached hydrogen (secondary N) is 2. The highest BCUT2D eigenvalue weighted by Gasteiger charge is 2.06. The molecule has 150 valence electrons. The van der Waals surface area contributed by atoms with Crippen LogP contribution in [0.2, 0.25) is 0 Å². The molecule has 1 atom stereocenters. The summed E-state index contributed by atoms with van der Waals surface area (Å²) in [6.07, 6.45) is 2.34. The maximum absolute atomic E-state index is 5.19. The normalized spacial score (nSPS) is 12.5. The summed E-state index contributed by atoms with van der Waals surface area (Å²) in [5, 5.41) is 6.85. The van der Waals surface area contributed by atoms with Crippen LogP contribution in [0.25, 0.3) is 0 Å². The summed E-state index contributed by atoms with van der Waals surface area (Å²) in [4.78, 5) is 7.17. The second kappa shape index (κ2) is 15.1. The highest BCUT2D eigenvalue weighted by molar-refractivity contribution is 14.0. The zero-order valence-electron chi connectivity index (χ0n) is 17.0. The van der Waals surface area contributed by atoms with Crippen molar-refractivity contribution in [3.05, 3.63) is 29.8 Å². The topological polar surface area (TPSA) is 48.9 Å². The first-order valence-electron chi connectivity index (χ1n) is 9.52. The van der Waals surface area contributed by atoms with Crippen molar-refractivity contribution in [2.24, 2.45) is 4.99 Å². The summed E-state index contributed by atoms with van der Waals surface area (Å²) in [7, 11) is 1.68. The minimum Gasteiger partial charge on any atom is -0.497 e. The summed E-state index contributed by atoms with van der Waals surface area (Å²) in [6, 6.07) is 8.46. The van der Waals surface area contributed by atoms with E-state index < -0.39 is 0 Å². The van der Waals surface area contributed by atoms with Crippen LogP contribution in [0, 0.1) is 0 Å². The average Bonchev–Trinajstić information content (AvgIpc) is 2.64. The molecule has 0 heterocycles. The molecule has 0 radical (unpaired) electrons. The Labute approximate surface area is 177 Å². The Hall–Kier alpha value is -1.02. The molecule has 0 spiro atoms. The van der Waals surface area contributed by atoms with E-state index >= 15 is 0 Å². The molecule has 2 N–H and O–H groups in total. The molecule has 5 nitrogen and oxygen atoms in total. The number of hydrogen-bond acceptors (Lipinski definition) is 3. The quantitative estimate of drug-likeness (QED) is 0.289. The van der Waals surface area contributed by atoms with Crippen LogP contribution in [0.4, 0.5) is 0 Å². The van der Waals surface area contributed by atoms with Crippen molar-refractivity contribution >= 4 is 29.9 Å². The van der Waals surface area contributed by atoms with Crippen molar-refractivity contribution in [3.8, 4) is 5.75 Å². The van der Waals surface area contributed by atoms with Crippen LogP contribution in [-0.2, 0) is 6.54 Å². The predicted molar refractivity (Wildman–Crippen MR) is 123 cm³/mol. The van der Waals surface area contributed by atoms with E-state index in [1.807, 2.05) is 12.1 Å². The van der Waals surface area contributed by atoms with Crippen molar-refractivity contribution in [2.45, 2.75) is 53.1 Å². The van der Waals surface area contributed by atoms with E-state index in [9.17, 15) is 0 Å². The third kappa shape index (κ3) is 10.2. The molecule has 26 heavy (non-hydrogen) atoms. The number of halogens is 1. The predicted octanol–water partition coefficient (Wildman–Crippen LogP) is 3.88. The molecule has 0 amide bonds. The van der Waals surface area contributed by atoms with Crippen molar-refractivity contribution in [2.75, 3.05) is 33.3 Å². The van der Waals surface area contributed by atoms with Gasteiger partial charge in [0.15, 0.2) is 5.96 Å². The fraction of sp³-hybridized carbons (Fsp3) is 0.650. The number of benzene rings is 1. The number of aliphatic imine (C=N–C) groups is 1. The SMILES string of the molecule is CCNC(=NCc1ccc(OC)cc1)NC(C)CCCN(CC)CC.I. The molecule has 0 aliphatic heterocycles. The molecule has 1 aromatic carbocycles. The van der Waals surface area contributed by atoms with Gasteiger partial charge in [-0.3, -0.25) is 0 Å². The van der Waals surface area contributed by atoms with Gasteiger partial charge in [-0.25, -0.2) is 4.99 Å². The molecule has 0 bridgehead atoms. The lowest BCUT2D eigenvalue weighted by Crippen LogP contribution is -2.42. The Balaban J connectivity index is 0.00000625. The van der Waals surface area contributed by atoms with E-state index in [2.05, 4.69) is 55.4 Å². The minimum atomic E-state index is 0. The molecular formula is C20H37IN4O. The van der Waals surface area contributed by atoms with Gasteiger partial charge in [-0.2, -0.15) is 0 Å². The lowest BCUT2D eigenvalue weighted by molar-refractivity contribution is 0.292. The van der Waals surface area contributed by atoms with Crippen LogP contribution in [0.1, 0.15) is 46.1 Å². The van der Waals surface area contributed by atoms with Crippen molar-refractivity contribution in [3.63, 3.8) is 0 Å². The molecule has 6 heteroatoms. The van der Waals surface area contributed by atoms with Crippen molar-refractivity contribution < 1.29 is 4.74 Å². The maximum Gasteiger partial charge on any atom is 0.191 e. The van der Waals surface area contributed by atoms with Crippen molar-refractivity contribution in [1.29, 1.82) is 0 Å². The van der Waals surface area contributed by atoms with E-state index in [0.29, 0.717) is 12.6 Å². The maximum atomic E-state index is 5.19. The molecule has 0 aliphatic rings. The fourth-order valence-electron chi connectivity index (χ4n) is 2.69. The lowest BCUT2D eigenvalue weighted by Gasteiger charge is -2.21. The van der Waals surface area contributed by atoms with Crippen LogP contribution in [0.15, 0.2) is 29.3 Å². The van der Waals surface area contributed by atoms with E-state index in [0.717, 1.165) is 37.8 Å². The lowest BCUT2D eigenvalue weighted by atomic mass is 10.2. The van der Waals surface area contributed by atoms with Crippen LogP contribution in [0.3, 0.4) is 0 Å². The summed E-state index contributed by atoms with van der Waals surface area (Å²) in [5.74, 6) is 1.76. The van der Waals surface area contributed by atoms with Gasteiger partial charge in [0.25, 0.3) is 0 Å². The summed E-state index contributed by atoms with van der Waals surface area (Å²) >= 11 is 0. The zero-order chi connectivity index (χ0) is 18.5. The van der Waals surface area contributed by atoms with Crippen LogP contribution < -0.4 is 15.4 Å². The van der Waals surface area contributed by atoms with Gasteiger partial charge in [0, 0.05) is 12.6 Å². The first-order valence-corrected chi connectivity index (χ1v) is 9.52. The third-order valence-electron chi connectivity index (χ3n) is 4.31. The Morgan fingerprint density at radius 3 is 2.35 bits per heavy atom. The van der Waals surface area contributed by atoms with E-state index in [1.165, 1.54) is 18.5 Å².